The summed E-state index contributed by atoms with van der Waals surface area (Å²) in [6, 6.07) is 5.97. The molecule has 3 aromatic rings. The number of likely N-dealkylation sites (tertiary alicyclic amines) is 1. The van der Waals surface area contributed by atoms with Gasteiger partial charge in [-0.15, -0.1) is 11.3 Å². The lowest BCUT2D eigenvalue weighted by Crippen LogP contribution is -2.30. The Labute approximate surface area is 222 Å². The number of piperidine rings is 1. The lowest BCUT2D eigenvalue weighted by molar-refractivity contribution is 0.0950. The van der Waals surface area contributed by atoms with Gasteiger partial charge in [0.25, 0.3) is 11.5 Å². The van der Waals surface area contributed by atoms with Crippen LogP contribution in [0.25, 0.3) is 5.57 Å². The summed E-state index contributed by atoms with van der Waals surface area (Å²) in [5.74, 6) is 0.514. The van der Waals surface area contributed by atoms with Gasteiger partial charge in [0.05, 0.1) is 12.7 Å². The predicted octanol–water partition coefficient (Wildman–Crippen LogP) is 5.15. The number of thiophene rings is 1. The molecule has 1 aliphatic rings. The van der Waals surface area contributed by atoms with E-state index in [1.54, 1.807) is 24.6 Å². The number of aromatic amines is 1. The molecule has 0 unspecified atom stereocenters. The molecule has 196 valence electrons. The average molecular weight is 521 g/mol. The van der Waals surface area contributed by atoms with E-state index in [1.807, 2.05) is 44.4 Å². The number of nitrogens with one attached hydrogen (secondary N) is 2. The maximum absolute atomic E-state index is 13.0. The van der Waals surface area contributed by atoms with Gasteiger partial charge in [-0.25, -0.2) is 4.98 Å². The van der Waals surface area contributed by atoms with Crippen molar-refractivity contribution in [2.45, 2.75) is 60.0 Å². The minimum Gasteiger partial charge on any atom is -0.481 e. The normalized spacial score (nSPS) is 14.0. The smallest absolute Gasteiger partial charge is 0.253 e. The van der Waals surface area contributed by atoms with Crippen LogP contribution >= 0.6 is 11.3 Å². The molecule has 0 bridgehead atoms. The molecule has 8 heteroatoms. The number of carbonyl (C=O) groups is 1. The van der Waals surface area contributed by atoms with Crippen LogP contribution in [0.15, 0.2) is 40.1 Å². The number of nitrogens with zero attached hydrogens (tertiary/aromatic N) is 2. The molecule has 7 nitrogen and oxygen atoms in total. The summed E-state index contributed by atoms with van der Waals surface area (Å²) in [6.07, 6.45) is 4.79. The molecule has 0 radical (unpaired) electrons. The lowest BCUT2D eigenvalue weighted by Gasteiger charge is -2.30. The highest BCUT2D eigenvalue weighted by molar-refractivity contribution is 7.11. The Morgan fingerprint density at radius 3 is 2.65 bits per heavy atom. The maximum Gasteiger partial charge on any atom is 0.253 e. The summed E-state index contributed by atoms with van der Waals surface area (Å²) >= 11 is 1.65. The third-order valence-electron chi connectivity index (χ3n) is 7.13. The first-order valence-corrected chi connectivity index (χ1v) is 13.7. The number of hydrogen-bond acceptors (Lipinski definition) is 6. The molecule has 37 heavy (non-hydrogen) atoms. The summed E-state index contributed by atoms with van der Waals surface area (Å²) in [4.78, 5) is 36.1. The van der Waals surface area contributed by atoms with E-state index in [-0.39, 0.29) is 18.0 Å². The highest BCUT2D eigenvalue weighted by Crippen LogP contribution is 2.36. The van der Waals surface area contributed by atoms with Crippen molar-refractivity contribution in [2.24, 2.45) is 0 Å². The van der Waals surface area contributed by atoms with Crippen molar-refractivity contribution >= 4 is 22.8 Å². The van der Waals surface area contributed by atoms with E-state index >= 15 is 0 Å². The van der Waals surface area contributed by atoms with E-state index in [4.69, 9.17) is 4.74 Å². The molecule has 1 saturated heterocycles. The van der Waals surface area contributed by atoms with Crippen LogP contribution in [-0.2, 0) is 13.1 Å². The number of H-pyrrole nitrogens is 1. The van der Waals surface area contributed by atoms with Gasteiger partial charge < -0.3 is 15.0 Å². The fraction of sp³-hybridized carbons (Fsp3) is 0.414. The maximum atomic E-state index is 13.0. The number of hydrogen-bond donors (Lipinski definition) is 2. The highest BCUT2D eigenvalue weighted by Gasteiger charge is 2.22. The molecule has 1 aliphatic heterocycles. The van der Waals surface area contributed by atoms with Crippen LogP contribution in [-0.4, -0.2) is 41.0 Å². The monoisotopic (exact) mass is 520 g/mol. The van der Waals surface area contributed by atoms with Gasteiger partial charge in [-0.2, -0.15) is 0 Å². The summed E-state index contributed by atoms with van der Waals surface area (Å²) in [5.41, 5.74) is 7.94. The van der Waals surface area contributed by atoms with Crippen molar-refractivity contribution in [3.8, 4) is 5.88 Å². The minimum absolute atomic E-state index is 0.137. The van der Waals surface area contributed by atoms with Crippen molar-refractivity contribution in [1.29, 1.82) is 0 Å². The Hall–Kier alpha value is -3.23. The fourth-order valence-corrected chi connectivity index (χ4v) is 6.31. The van der Waals surface area contributed by atoms with Crippen molar-refractivity contribution < 1.29 is 9.53 Å². The van der Waals surface area contributed by atoms with Gasteiger partial charge in [-0.3, -0.25) is 14.5 Å². The molecule has 0 aromatic carbocycles. The van der Waals surface area contributed by atoms with Crippen LogP contribution in [0, 0.1) is 20.8 Å². The Kier molecular flexibility index (Phi) is 8.61. The number of methoxy groups -OCH3 is 1. The zero-order valence-electron chi connectivity index (χ0n) is 22.4. The summed E-state index contributed by atoms with van der Waals surface area (Å²) in [6.45, 7) is 11.1. The van der Waals surface area contributed by atoms with Gasteiger partial charge >= 0.3 is 0 Å². The zero-order valence-corrected chi connectivity index (χ0v) is 23.2. The largest absolute Gasteiger partial charge is 0.481 e. The first kappa shape index (κ1) is 26.8. The third-order valence-corrected chi connectivity index (χ3v) is 8.27. The summed E-state index contributed by atoms with van der Waals surface area (Å²) in [5, 5.41) is 4.91. The van der Waals surface area contributed by atoms with E-state index in [0.717, 1.165) is 55.7 Å². The first-order valence-electron chi connectivity index (χ1n) is 12.8. The van der Waals surface area contributed by atoms with Crippen LogP contribution in [0.3, 0.4) is 0 Å². The van der Waals surface area contributed by atoms with Crippen molar-refractivity contribution in [2.75, 3.05) is 20.2 Å². The van der Waals surface area contributed by atoms with Crippen LogP contribution in [0.1, 0.15) is 69.4 Å². The Bertz CT molecular complexity index is 1360. The number of pyridine rings is 2. The molecule has 0 aliphatic carbocycles. The molecule has 0 spiro atoms. The van der Waals surface area contributed by atoms with Crippen LogP contribution in [0.5, 0.6) is 5.88 Å². The van der Waals surface area contributed by atoms with E-state index in [0.29, 0.717) is 17.0 Å². The second-order valence-corrected chi connectivity index (χ2v) is 10.5. The SMILES string of the molecule is CCC(=C1CCN(Cc2ccnc(OC)c2)CC1)c1scc(C(=O)NCc2c(C)cc(C)[nH]c2=O)c1C. The highest BCUT2D eigenvalue weighted by atomic mass is 32.1. The fourth-order valence-electron chi connectivity index (χ4n) is 5.08. The molecule has 0 atom stereocenters. The van der Waals surface area contributed by atoms with Crippen molar-refractivity contribution in [1.82, 2.24) is 20.2 Å². The molecule has 0 saturated carbocycles. The second kappa shape index (κ2) is 11.9. The van der Waals surface area contributed by atoms with Crippen LogP contribution in [0.2, 0.25) is 0 Å². The first-order chi connectivity index (χ1) is 17.8. The number of allylic oxidation sites excluding steroid dienone is 1. The van der Waals surface area contributed by atoms with E-state index < -0.39 is 0 Å². The van der Waals surface area contributed by atoms with Gasteiger partial charge in [0, 0.05) is 60.0 Å². The third kappa shape index (κ3) is 6.19. The van der Waals surface area contributed by atoms with Crippen LogP contribution in [0.4, 0.5) is 0 Å². The number of amides is 1. The summed E-state index contributed by atoms with van der Waals surface area (Å²) in [7, 11) is 1.64. The number of carbonyl (C=O) groups excluding carboxylic acids is 1. The lowest BCUT2D eigenvalue weighted by atomic mass is 9.93. The Balaban J connectivity index is 1.43. The van der Waals surface area contributed by atoms with Gasteiger partial charge in [0.1, 0.15) is 0 Å². The van der Waals surface area contributed by atoms with Gasteiger partial charge in [0.2, 0.25) is 5.88 Å². The molecule has 4 rings (SSSR count). The Morgan fingerprint density at radius 2 is 1.97 bits per heavy atom. The molecule has 3 aromatic heterocycles. The molecular weight excluding hydrogens is 484 g/mol. The van der Waals surface area contributed by atoms with Crippen LogP contribution < -0.4 is 15.6 Å². The van der Waals surface area contributed by atoms with E-state index in [1.165, 1.54) is 21.6 Å². The van der Waals surface area contributed by atoms with E-state index in [2.05, 4.69) is 27.1 Å². The van der Waals surface area contributed by atoms with Gasteiger partial charge in [-0.1, -0.05) is 12.5 Å². The standard InChI is InChI=1S/C29H36N4O3S/c1-6-23(22-8-11-33(12-9-22)16-21-7-10-30-26(14-21)36-5)27-20(4)25(17-37-27)28(34)31-15-24-18(2)13-19(3)32-29(24)35/h7,10,13-14,17H,6,8-9,11-12,15-16H2,1-5H3,(H,31,34)(H,32,35). The van der Waals surface area contributed by atoms with Crippen molar-refractivity contribution in [3.63, 3.8) is 0 Å². The summed E-state index contributed by atoms with van der Waals surface area (Å²) < 4.78 is 5.26. The number of ether oxygens (including phenoxy) is 1. The quantitative estimate of drug-likeness (QED) is 0.429. The van der Waals surface area contributed by atoms with Gasteiger partial charge in [-0.05, 0) is 74.4 Å². The minimum atomic E-state index is -0.145. The van der Waals surface area contributed by atoms with Crippen molar-refractivity contribution in [3.05, 3.63) is 84.1 Å². The molecule has 1 amide bonds. The predicted molar refractivity (Wildman–Crippen MR) is 149 cm³/mol. The molecule has 2 N–H and O–H groups in total. The number of aromatic nitrogens is 2. The molecular formula is C29H36N4O3S. The number of rotatable bonds is 8. The van der Waals surface area contributed by atoms with Gasteiger partial charge in [0.15, 0.2) is 0 Å². The van der Waals surface area contributed by atoms with E-state index in [9.17, 15) is 9.59 Å². The topological polar surface area (TPSA) is 87.3 Å². The molecule has 4 heterocycles. The average Bonchev–Trinajstić information content (AvgIpc) is 3.26. The second-order valence-electron chi connectivity index (χ2n) is 9.65. The zero-order chi connectivity index (χ0) is 26.5. The number of aryl methyl sites for hydroxylation is 2. The Morgan fingerprint density at radius 1 is 1.22 bits per heavy atom. The molecule has 1 fully saturated rings.